The van der Waals surface area contributed by atoms with E-state index < -0.39 is 10.2 Å². The van der Waals surface area contributed by atoms with Gasteiger partial charge in [-0.05, 0) is 44.0 Å². The second kappa shape index (κ2) is 7.04. The van der Waals surface area contributed by atoms with Gasteiger partial charge in [-0.15, -0.1) is 0 Å². The Bertz CT molecular complexity index is 773. The van der Waals surface area contributed by atoms with Crippen molar-refractivity contribution in [1.82, 2.24) is 13.6 Å². The van der Waals surface area contributed by atoms with E-state index in [2.05, 4.69) is 4.98 Å². The molecule has 130 valence electrons. The van der Waals surface area contributed by atoms with Crippen LogP contribution >= 0.6 is 0 Å². The van der Waals surface area contributed by atoms with Crippen LogP contribution in [0.15, 0.2) is 40.9 Å². The molecule has 24 heavy (non-hydrogen) atoms. The lowest BCUT2D eigenvalue weighted by Crippen LogP contribution is -2.42. The molecule has 0 spiro atoms. The van der Waals surface area contributed by atoms with Crippen molar-refractivity contribution in [2.24, 2.45) is 0 Å². The normalized spacial score (nSPS) is 19.2. The van der Waals surface area contributed by atoms with Crippen LogP contribution in [0, 0.1) is 6.92 Å². The van der Waals surface area contributed by atoms with Crippen molar-refractivity contribution in [2.45, 2.75) is 32.2 Å². The van der Waals surface area contributed by atoms with E-state index in [4.69, 9.17) is 4.42 Å². The van der Waals surface area contributed by atoms with Gasteiger partial charge in [-0.3, -0.25) is 4.98 Å². The maximum Gasteiger partial charge on any atom is 0.282 e. The highest BCUT2D eigenvalue weighted by molar-refractivity contribution is 7.86. The van der Waals surface area contributed by atoms with Gasteiger partial charge in [0.25, 0.3) is 10.2 Å². The first-order chi connectivity index (χ1) is 11.5. The second-order valence-electron chi connectivity index (χ2n) is 6.12. The Morgan fingerprint density at radius 1 is 1.33 bits per heavy atom. The summed E-state index contributed by atoms with van der Waals surface area (Å²) >= 11 is 0. The van der Waals surface area contributed by atoms with Gasteiger partial charge >= 0.3 is 0 Å². The van der Waals surface area contributed by atoms with E-state index in [9.17, 15) is 8.42 Å². The first-order valence-corrected chi connectivity index (χ1v) is 9.57. The average molecular weight is 349 g/mol. The molecule has 0 aliphatic carbocycles. The molecule has 1 aliphatic rings. The fourth-order valence-electron chi connectivity index (χ4n) is 3.05. The Morgan fingerprint density at radius 2 is 2.17 bits per heavy atom. The van der Waals surface area contributed by atoms with Crippen molar-refractivity contribution in [3.63, 3.8) is 0 Å². The van der Waals surface area contributed by atoms with Gasteiger partial charge in [0.1, 0.15) is 11.5 Å². The monoisotopic (exact) mass is 349 g/mol. The van der Waals surface area contributed by atoms with Crippen molar-refractivity contribution in [1.29, 1.82) is 0 Å². The summed E-state index contributed by atoms with van der Waals surface area (Å²) in [5, 5.41) is 0. The number of furan rings is 1. The van der Waals surface area contributed by atoms with E-state index in [1.165, 1.54) is 4.31 Å². The van der Waals surface area contributed by atoms with Crippen molar-refractivity contribution in [3.05, 3.63) is 53.7 Å². The van der Waals surface area contributed by atoms with Gasteiger partial charge in [0.15, 0.2) is 0 Å². The lowest BCUT2D eigenvalue weighted by molar-refractivity contribution is 0.309. The third kappa shape index (κ3) is 3.53. The van der Waals surface area contributed by atoms with E-state index >= 15 is 0 Å². The molecular formula is C17H23N3O3S. The fraction of sp³-hybridized carbons (Fsp3) is 0.471. The van der Waals surface area contributed by atoms with Gasteiger partial charge < -0.3 is 4.42 Å². The summed E-state index contributed by atoms with van der Waals surface area (Å²) < 4.78 is 34.5. The highest BCUT2D eigenvalue weighted by Gasteiger charge is 2.38. The van der Waals surface area contributed by atoms with Crippen molar-refractivity contribution < 1.29 is 12.8 Å². The van der Waals surface area contributed by atoms with Crippen LogP contribution in [-0.4, -0.2) is 42.1 Å². The van der Waals surface area contributed by atoms with Crippen LogP contribution in [0.25, 0.3) is 0 Å². The largest absolute Gasteiger partial charge is 0.465 e. The summed E-state index contributed by atoms with van der Waals surface area (Å²) in [7, 11) is -1.89. The van der Waals surface area contributed by atoms with Crippen LogP contribution in [0.3, 0.4) is 0 Å². The minimum absolute atomic E-state index is 0.207. The molecule has 0 unspecified atom stereocenters. The number of hydrogen-bond acceptors (Lipinski definition) is 4. The average Bonchev–Trinajstić information content (AvgIpc) is 3.22. The minimum Gasteiger partial charge on any atom is -0.465 e. The molecule has 0 saturated carbocycles. The molecular weight excluding hydrogens is 326 g/mol. The molecule has 6 nitrogen and oxygen atoms in total. The summed E-state index contributed by atoms with van der Waals surface area (Å²) in [5.41, 5.74) is 0.888. The van der Waals surface area contributed by atoms with Crippen LogP contribution in [0.1, 0.15) is 36.1 Å². The maximum atomic E-state index is 12.9. The van der Waals surface area contributed by atoms with Gasteiger partial charge in [0.2, 0.25) is 0 Å². The topological polar surface area (TPSA) is 66.7 Å². The number of aromatic nitrogens is 1. The predicted octanol–water partition coefficient (Wildman–Crippen LogP) is 2.54. The van der Waals surface area contributed by atoms with E-state index in [-0.39, 0.29) is 6.04 Å². The highest BCUT2D eigenvalue weighted by Crippen LogP contribution is 2.35. The minimum atomic E-state index is -3.52. The number of rotatable bonds is 6. The molecule has 3 rings (SSSR count). The zero-order valence-electron chi connectivity index (χ0n) is 14.1. The van der Waals surface area contributed by atoms with Gasteiger partial charge in [-0.25, -0.2) is 0 Å². The molecule has 1 atom stereocenters. The molecule has 2 aromatic rings. The molecule has 1 fully saturated rings. The van der Waals surface area contributed by atoms with Gasteiger partial charge in [0.05, 0.1) is 6.04 Å². The van der Waals surface area contributed by atoms with Crippen LogP contribution in [0.4, 0.5) is 0 Å². The first-order valence-electron chi connectivity index (χ1n) is 8.18. The Balaban J connectivity index is 1.71. The smallest absolute Gasteiger partial charge is 0.282 e. The number of nitrogens with zero attached hydrogens (tertiary/aromatic N) is 3. The molecule has 0 aromatic carbocycles. The molecule has 1 saturated heterocycles. The number of hydrogen-bond donors (Lipinski definition) is 0. The maximum absolute atomic E-state index is 12.9. The van der Waals surface area contributed by atoms with Crippen LogP contribution < -0.4 is 0 Å². The van der Waals surface area contributed by atoms with E-state index in [0.717, 1.165) is 30.1 Å². The summed E-state index contributed by atoms with van der Waals surface area (Å²) in [5.74, 6) is 1.53. The molecule has 2 aromatic heterocycles. The van der Waals surface area contributed by atoms with Gasteiger partial charge in [0, 0.05) is 38.4 Å². The van der Waals surface area contributed by atoms with Gasteiger partial charge in [-0.2, -0.15) is 17.0 Å². The Hall–Kier alpha value is -1.70. The summed E-state index contributed by atoms with van der Waals surface area (Å²) in [6, 6.07) is 9.22. The Morgan fingerprint density at radius 3 is 2.83 bits per heavy atom. The van der Waals surface area contributed by atoms with Crippen LogP contribution in [-0.2, 0) is 16.6 Å². The van der Waals surface area contributed by atoms with Gasteiger partial charge in [-0.1, -0.05) is 6.07 Å². The number of pyridine rings is 1. The standard InChI is InChI=1S/C17H23N3O3S/c1-14-8-9-17(23-14)16-7-5-12-20(16)24(21,22)19(2)13-10-15-6-3-4-11-18-15/h3-4,6,8-9,11,16H,5,7,10,12-13H2,1-2H3/t16-/m1/s1. The van der Waals surface area contributed by atoms with Crippen molar-refractivity contribution >= 4 is 10.2 Å². The second-order valence-corrected chi connectivity index (χ2v) is 8.11. The SMILES string of the molecule is Cc1ccc([C@H]2CCCN2S(=O)(=O)N(C)CCc2ccccn2)o1. The molecule has 0 amide bonds. The third-order valence-electron chi connectivity index (χ3n) is 4.39. The zero-order valence-corrected chi connectivity index (χ0v) is 14.9. The number of aryl methyl sites for hydroxylation is 1. The molecule has 0 bridgehead atoms. The van der Waals surface area contributed by atoms with Crippen molar-refractivity contribution in [3.8, 4) is 0 Å². The molecule has 3 heterocycles. The quantitative estimate of drug-likeness (QED) is 0.804. The van der Waals surface area contributed by atoms with E-state index in [1.54, 1.807) is 17.5 Å². The Labute approximate surface area is 143 Å². The molecule has 0 radical (unpaired) electrons. The molecule has 0 N–H and O–H groups in total. The summed E-state index contributed by atoms with van der Waals surface area (Å²) in [6.45, 7) is 2.80. The lowest BCUT2D eigenvalue weighted by Gasteiger charge is -2.27. The molecule has 1 aliphatic heterocycles. The summed E-state index contributed by atoms with van der Waals surface area (Å²) in [6.07, 6.45) is 3.95. The summed E-state index contributed by atoms with van der Waals surface area (Å²) in [4.78, 5) is 4.25. The van der Waals surface area contributed by atoms with Crippen molar-refractivity contribution in [2.75, 3.05) is 20.1 Å². The first kappa shape index (κ1) is 17.1. The fourth-order valence-corrected chi connectivity index (χ4v) is 4.62. The molecule has 7 heteroatoms. The predicted molar refractivity (Wildman–Crippen MR) is 91.6 cm³/mol. The van der Waals surface area contributed by atoms with E-state index in [0.29, 0.717) is 19.5 Å². The third-order valence-corrected chi connectivity index (χ3v) is 6.39. The zero-order chi connectivity index (χ0) is 17.2. The van der Waals surface area contributed by atoms with E-state index in [1.807, 2.05) is 37.3 Å². The lowest BCUT2D eigenvalue weighted by atomic mass is 10.2. The van der Waals surface area contributed by atoms with Crippen LogP contribution in [0.2, 0.25) is 0 Å². The highest BCUT2D eigenvalue weighted by atomic mass is 32.2. The number of likely N-dealkylation sites (N-methyl/N-ethyl adjacent to an activating group) is 1. The van der Waals surface area contributed by atoms with Crippen LogP contribution in [0.5, 0.6) is 0 Å². The Kier molecular flexibility index (Phi) is 5.03.